The van der Waals surface area contributed by atoms with E-state index in [0.29, 0.717) is 44.2 Å². The number of carbonyl (C=O) groups excluding carboxylic acids is 2. The topological polar surface area (TPSA) is 92.8 Å². The van der Waals surface area contributed by atoms with Crippen LogP contribution in [-0.4, -0.2) is 56.6 Å². The van der Waals surface area contributed by atoms with Gasteiger partial charge in [0.1, 0.15) is 0 Å². The Kier molecular flexibility index (Phi) is 4.57. The highest BCUT2D eigenvalue weighted by molar-refractivity contribution is 7.88. The predicted molar refractivity (Wildman–Crippen MR) is 99.1 cm³/mol. The summed E-state index contributed by atoms with van der Waals surface area (Å²) in [6.45, 7) is 0.808. The molecule has 152 valence electrons. The molecule has 1 N–H and O–H groups in total. The smallest absolute Gasteiger partial charge is 0.311 e. The Bertz CT molecular complexity index is 727. The van der Waals surface area contributed by atoms with Crippen molar-refractivity contribution in [1.82, 2.24) is 9.62 Å². The summed E-state index contributed by atoms with van der Waals surface area (Å²) in [5.74, 6) is 0.738. The number of nitrogens with zero attached hydrogens (tertiary/aromatic N) is 1. The summed E-state index contributed by atoms with van der Waals surface area (Å²) in [6.07, 6.45) is 7.87. The zero-order valence-electron chi connectivity index (χ0n) is 16.2. The SMILES string of the molecule is COC(=O)C12C[C@@H]3C[C@H](CC(NC(=O)C4CCN(S(C)(=O)=O)CC4)(C3)C1)C2. The maximum Gasteiger partial charge on any atom is 0.311 e. The maximum atomic E-state index is 13.0. The van der Waals surface area contributed by atoms with Crippen LogP contribution >= 0.6 is 0 Å². The number of hydrogen-bond donors (Lipinski definition) is 1. The third-order valence-electron chi connectivity index (χ3n) is 7.36. The number of carbonyl (C=O) groups is 2. The van der Waals surface area contributed by atoms with Crippen molar-refractivity contribution in [3.05, 3.63) is 0 Å². The summed E-state index contributed by atoms with van der Waals surface area (Å²) in [7, 11) is -1.73. The first-order valence-corrected chi connectivity index (χ1v) is 11.9. The molecule has 7 nitrogen and oxygen atoms in total. The largest absolute Gasteiger partial charge is 0.469 e. The molecule has 1 aliphatic heterocycles. The molecular weight excluding hydrogens is 368 g/mol. The van der Waals surface area contributed by atoms with Gasteiger partial charge in [-0.05, 0) is 63.2 Å². The average Bonchev–Trinajstić information content (AvgIpc) is 2.58. The zero-order chi connectivity index (χ0) is 19.4. The quantitative estimate of drug-likeness (QED) is 0.720. The van der Waals surface area contributed by atoms with Gasteiger partial charge in [0.2, 0.25) is 15.9 Å². The van der Waals surface area contributed by atoms with Gasteiger partial charge >= 0.3 is 5.97 Å². The van der Waals surface area contributed by atoms with Crippen LogP contribution in [0.25, 0.3) is 0 Å². The highest BCUT2D eigenvalue weighted by atomic mass is 32.2. The minimum Gasteiger partial charge on any atom is -0.469 e. The van der Waals surface area contributed by atoms with E-state index in [9.17, 15) is 18.0 Å². The average molecular weight is 399 g/mol. The second-order valence-electron chi connectivity index (χ2n) is 9.44. The molecule has 4 aliphatic carbocycles. The summed E-state index contributed by atoms with van der Waals surface area (Å²) in [6, 6.07) is 0. The lowest BCUT2D eigenvalue weighted by atomic mass is 9.47. The molecule has 4 bridgehead atoms. The van der Waals surface area contributed by atoms with E-state index in [1.807, 2.05) is 0 Å². The molecule has 0 aromatic rings. The van der Waals surface area contributed by atoms with E-state index in [1.165, 1.54) is 17.7 Å². The van der Waals surface area contributed by atoms with E-state index in [4.69, 9.17) is 4.74 Å². The Morgan fingerprint density at radius 1 is 1.07 bits per heavy atom. The molecule has 8 heteroatoms. The van der Waals surface area contributed by atoms with Gasteiger partial charge in [-0.1, -0.05) is 0 Å². The number of amides is 1. The van der Waals surface area contributed by atoms with Crippen LogP contribution in [0.2, 0.25) is 0 Å². The monoisotopic (exact) mass is 398 g/mol. The molecule has 27 heavy (non-hydrogen) atoms. The van der Waals surface area contributed by atoms with E-state index in [-0.39, 0.29) is 23.3 Å². The van der Waals surface area contributed by atoms with Crippen LogP contribution in [0, 0.1) is 23.2 Å². The van der Waals surface area contributed by atoms with Crippen molar-refractivity contribution in [2.24, 2.45) is 23.2 Å². The lowest BCUT2D eigenvalue weighted by molar-refractivity contribution is -0.173. The highest BCUT2D eigenvalue weighted by Crippen LogP contribution is 2.62. The molecular formula is C19H30N2O5S. The Balaban J connectivity index is 1.45. The fourth-order valence-corrected chi connectivity index (χ4v) is 7.55. The van der Waals surface area contributed by atoms with Crippen molar-refractivity contribution < 1.29 is 22.7 Å². The van der Waals surface area contributed by atoms with Crippen molar-refractivity contribution in [3.8, 4) is 0 Å². The van der Waals surface area contributed by atoms with Crippen LogP contribution in [0.1, 0.15) is 51.4 Å². The molecule has 1 amide bonds. The van der Waals surface area contributed by atoms with E-state index in [0.717, 1.165) is 32.1 Å². The van der Waals surface area contributed by atoms with Crippen LogP contribution in [0.3, 0.4) is 0 Å². The van der Waals surface area contributed by atoms with Gasteiger partial charge < -0.3 is 10.1 Å². The number of ether oxygens (including phenoxy) is 1. The number of rotatable bonds is 4. The van der Waals surface area contributed by atoms with Crippen LogP contribution in [0.5, 0.6) is 0 Å². The molecule has 0 radical (unpaired) electrons. The minimum atomic E-state index is -3.19. The van der Waals surface area contributed by atoms with Crippen molar-refractivity contribution in [2.45, 2.75) is 56.9 Å². The second kappa shape index (κ2) is 6.44. The molecule has 5 fully saturated rings. The first-order valence-electron chi connectivity index (χ1n) is 10.0. The highest BCUT2D eigenvalue weighted by Gasteiger charge is 2.61. The van der Waals surface area contributed by atoms with E-state index in [2.05, 4.69) is 5.32 Å². The summed E-state index contributed by atoms with van der Waals surface area (Å²) in [5.41, 5.74) is -0.713. The van der Waals surface area contributed by atoms with E-state index < -0.39 is 15.4 Å². The van der Waals surface area contributed by atoms with Crippen LogP contribution in [0.15, 0.2) is 0 Å². The maximum absolute atomic E-state index is 13.0. The predicted octanol–water partition coefficient (Wildman–Crippen LogP) is 1.29. The minimum absolute atomic E-state index is 0.0325. The molecule has 0 aromatic heterocycles. The second-order valence-corrected chi connectivity index (χ2v) is 11.4. The zero-order valence-corrected chi connectivity index (χ0v) is 17.0. The molecule has 5 aliphatic rings. The molecule has 2 atom stereocenters. The number of piperidine rings is 1. The molecule has 0 spiro atoms. The van der Waals surface area contributed by atoms with Gasteiger partial charge in [-0.2, -0.15) is 0 Å². The van der Waals surface area contributed by atoms with Crippen molar-refractivity contribution in [3.63, 3.8) is 0 Å². The van der Waals surface area contributed by atoms with Gasteiger partial charge in [-0.3, -0.25) is 9.59 Å². The van der Waals surface area contributed by atoms with E-state index >= 15 is 0 Å². The standard InChI is InChI=1S/C19H30N2O5S/c1-26-17(23)18-8-13-7-14(9-18)11-19(10-13,12-18)20-16(22)15-3-5-21(6-4-15)27(2,24)25/h13-15H,3-12H2,1-2H3,(H,20,22)/t13-,14-,18?,19?/m0/s1. The summed E-state index contributed by atoms with van der Waals surface area (Å²) >= 11 is 0. The molecule has 0 aromatic carbocycles. The van der Waals surface area contributed by atoms with Crippen LogP contribution < -0.4 is 5.32 Å². The summed E-state index contributed by atoms with van der Waals surface area (Å²) in [5, 5.41) is 3.34. The number of methoxy groups -OCH3 is 1. The molecule has 0 unspecified atom stereocenters. The Morgan fingerprint density at radius 3 is 2.19 bits per heavy atom. The fraction of sp³-hybridized carbons (Fsp3) is 0.895. The Morgan fingerprint density at radius 2 is 1.67 bits per heavy atom. The molecule has 4 saturated carbocycles. The Labute approximate surface area is 161 Å². The summed E-state index contributed by atoms with van der Waals surface area (Å²) < 4.78 is 29.9. The molecule has 1 saturated heterocycles. The van der Waals surface area contributed by atoms with Crippen LogP contribution in [0.4, 0.5) is 0 Å². The number of hydrogen-bond acceptors (Lipinski definition) is 5. The first kappa shape index (κ1) is 19.2. The fourth-order valence-electron chi connectivity index (χ4n) is 6.68. The van der Waals surface area contributed by atoms with Gasteiger partial charge in [0, 0.05) is 24.5 Å². The Hall–Kier alpha value is -1.15. The summed E-state index contributed by atoms with van der Waals surface area (Å²) in [4.78, 5) is 25.5. The van der Waals surface area contributed by atoms with Gasteiger partial charge in [0.25, 0.3) is 0 Å². The van der Waals surface area contributed by atoms with Crippen molar-refractivity contribution in [1.29, 1.82) is 0 Å². The normalized spacial score (nSPS) is 39.3. The number of sulfonamides is 1. The van der Waals surface area contributed by atoms with E-state index in [1.54, 1.807) is 0 Å². The van der Waals surface area contributed by atoms with Crippen molar-refractivity contribution in [2.75, 3.05) is 26.5 Å². The molecule has 5 rings (SSSR count). The third kappa shape index (κ3) is 3.39. The van der Waals surface area contributed by atoms with Gasteiger partial charge in [-0.25, -0.2) is 12.7 Å². The third-order valence-corrected chi connectivity index (χ3v) is 8.66. The first-order chi connectivity index (χ1) is 12.6. The molecule has 1 heterocycles. The van der Waals surface area contributed by atoms with Crippen molar-refractivity contribution >= 4 is 21.9 Å². The van der Waals surface area contributed by atoms with Gasteiger partial charge in [-0.15, -0.1) is 0 Å². The number of esters is 1. The lowest BCUT2D eigenvalue weighted by Gasteiger charge is -2.61. The van der Waals surface area contributed by atoms with Gasteiger partial charge in [0.15, 0.2) is 0 Å². The number of nitrogens with one attached hydrogen (secondary N) is 1. The lowest BCUT2D eigenvalue weighted by Crippen LogP contribution is -2.65. The van der Waals surface area contributed by atoms with Gasteiger partial charge in [0.05, 0.1) is 18.8 Å². The van der Waals surface area contributed by atoms with Crippen LogP contribution in [-0.2, 0) is 24.3 Å².